The number of rotatable bonds is 4. The van der Waals surface area contributed by atoms with Gasteiger partial charge in [-0.3, -0.25) is 0 Å². The van der Waals surface area contributed by atoms with E-state index >= 15 is 0 Å². The maximum Gasteiger partial charge on any atom is 0.410 e. The van der Waals surface area contributed by atoms with E-state index in [1.54, 1.807) is 9.58 Å². The van der Waals surface area contributed by atoms with Crippen LogP contribution in [0.2, 0.25) is 0 Å². The molecule has 1 aromatic heterocycles. The molecule has 22 heavy (non-hydrogen) atoms. The monoisotopic (exact) mass is 300 g/mol. The summed E-state index contributed by atoms with van der Waals surface area (Å²) in [5.74, 6) is 0. The van der Waals surface area contributed by atoms with Crippen molar-refractivity contribution in [1.82, 2.24) is 19.9 Å². The van der Waals surface area contributed by atoms with Crippen molar-refractivity contribution in [2.24, 2.45) is 0 Å². The van der Waals surface area contributed by atoms with Crippen molar-refractivity contribution in [3.63, 3.8) is 0 Å². The van der Waals surface area contributed by atoms with E-state index in [1.807, 2.05) is 6.20 Å². The van der Waals surface area contributed by atoms with E-state index in [1.165, 1.54) is 5.56 Å². The van der Waals surface area contributed by atoms with Crippen LogP contribution in [-0.4, -0.2) is 39.1 Å². The van der Waals surface area contributed by atoms with Crippen LogP contribution in [-0.2, 0) is 17.9 Å². The van der Waals surface area contributed by atoms with Crippen LogP contribution < -0.4 is 0 Å². The highest BCUT2D eigenvalue weighted by Crippen LogP contribution is 2.10. The summed E-state index contributed by atoms with van der Waals surface area (Å²) < 4.78 is 7.02. The number of carbonyl (C=O) groups is 1. The number of nitrogens with zero attached hydrogens (tertiary/aromatic N) is 4. The fourth-order valence-electron chi connectivity index (χ4n) is 2.49. The molecule has 3 rings (SSSR count). The molecule has 1 saturated heterocycles. The summed E-state index contributed by atoms with van der Waals surface area (Å²) in [5.41, 5.74) is 3.06. The zero-order valence-electron chi connectivity index (χ0n) is 12.7. The van der Waals surface area contributed by atoms with E-state index in [4.69, 9.17) is 4.74 Å². The Bertz CT molecular complexity index is 630. The lowest BCUT2D eigenvalue weighted by Crippen LogP contribution is -2.28. The molecule has 1 aliphatic heterocycles. The first-order chi connectivity index (χ1) is 10.7. The molecule has 0 N–H and O–H groups in total. The van der Waals surface area contributed by atoms with Gasteiger partial charge in [0.15, 0.2) is 0 Å². The molecule has 0 saturated carbocycles. The molecule has 6 nitrogen and oxygen atoms in total. The molecule has 0 atom stereocenters. The summed E-state index contributed by atoms with van der Waals surface area (Å²) in [4.78, 5) is 13.5. The van der Waals surface area contributed by atoms with Crippen LogP contribution in [0.1, 0.15) is 29.7 Å². The molecular formula is C16H20N4O2. The zero-order valence-corrected chi connectivity index (χ0v) is 12.7. The van der Waals surface area contributed by atoms with Crippen molar-refractivity contribution in [3.05, 3.63) is 47.3 Å². The SMILES string of the molecule is Cc1ccc(Cn2cc(COC(=O)N3CCCC3)nn2)cc1. The molecule has 0 bridgehead atoms. The summed E-state index contributed by atoms with van der Waals surface area (Å²) in [7, 11) is 0. The molecule has 1 aliphatic rings. The molecule has 1 aromatic carbocycles. The van der Waals surface area contributed by atoms with Crippen molar-refractivity contribution >= 4 is 6.09 Å². The molecule has 116 valence electrons. The molecule has 0 spiro atoms. The lowest BCUT2D eigenvalue weighted by Gasteiger charge is -2.13. The molecule has 0 aliphatic carbocycles. The summed E-state index contributed by atoms with van der Waals surface area (Å²) in [6, 6.07) is 8.30. The minimum absolute atomic E-state index is 0.170. The molecule has 2 heterocycles. The van der Waals surface area contributed by atoms with Gasteiger partial charge in [-0.25, -0.2) is 9.48 Å². The normalized spacial score (nSPS) is 14.3. The Labute approximate surface area is 129 Å². The second-order valence-electron chi connectivity index (χ2n) is 5.64. The van der Waals surface area contributed by atoms with Crippen molar-refractivity contribution in [1.29, 1.82) is 0 Å². The lowest BCUT2D eigenvalue weighted by molar-refractivity contribution is 0.103. The van der Waals surface area contributed by atoms with E-state index in [-0.39, 0.29) is 12.7 Å². The quantitative estimate of drug-likeness (QED) is 0.869. The van der Waals surface area contributed by atoms with E-state index in [0.29, 0.717) is 12.2 Å². The van der Waals surface area contributed by atoms with Gasteiger partial charge < -0.3 is 9.64 Å². The minimum atomic E-state index is -0.259. The summed E-state index contributed by atoms with van der Waals surface area (Å²) in [5, 5.41) is 8.12. The Morgan fingerprint density at radius 1 is 1.23 bits per heavy atom. The number of benzene rings is 1. The first kappa shape index (κ1) is 14.6. The Balaban J connectivity index is 1.52. The number of amides is 1. The molecule has 0 unspecified atom stereocenters. The number of carbonyl (C=O) groups excluding carboxylic acids is 1. The third-order valence-electron chi connectivity index (χ3n) is 3.76. The van der Waals surface area contributed by atoms with Crippen molar-refractivity contribution in [2.45, 2.75) is 32.9 Å². The van der Waals surface area contributed by atoms with Gasteiger partial charge in [0.2, 0.25) is 0 Å². The molecule has 0 radical (unpaired) electrons. The predicted molar refractivity (Wildman–Crippen MR) is 81.3 cm³/mol. The maximum atomic E-state index is 11.8. The summed E-state index contributed by atoms with van der Waals surface area (Å²) in [6.45, 7) is 4.47. The summed E-state index contributed by atoms with van der Waals surface area (Å²) in [6.07, 6.45) is 3.67. The van der Waals surface area contributed by atoms with Gasteiger partial charge in [0.25, 0.3) is 0 Å². The van der Waals surface area contributed by atoms with Gasteiger partial charge in [-0.15, -0.1) is 5.10 Å². The average molecular weight is 300 g/mol. The zero-order chi connectivity index (χ0) is 15.4. The second kappa shape index (κ2) is 6.60. The number of aryl methyl sites for hydroxylation is 1. The van der Waals surface area contributed by atoms with E-state index in [0.717, 1.165) is 31.5 Å². The third-order valence-corrected chi connectivity index (χ3v) is 3.76. The average Bonchev–Trinajstić information content (AvgIpc) is 3.19. The molecule has 6 heteroatoms. The van der Waals surface area contributed by atoms with Crippen LogP contribution in [0.3, 0.4) is 0 Å². The van der Waals surface area contributed by atoms with Gasteiger partial charge in [0, 0.05) is 13.1 Å². The van der Waals surface area contributed by atoms with Crippen molar-refractivity contribution in [3.8, 4) is 0 Å². The van der Waals surface area contributed by atoms with Crippen LogP contribution in [0.25, 0.3) is 0 Å². The molecular weight excluding hydrogens is 280 g/mol. The van der Waals surface area contributed by atoms with Gasteiger partial charge in [0.05, 0.1) is 12.7 Å². The number of aromatic nitrogens is 3. The van der Waals surface area contributed by atoms with Crippen LogP contribution in [0.15, 0.2) is 30.5 Å². The number of likely N-dealkylation sites (tertiary alicyclic amines) is 1. The standard InChI is InChI=1S/C16H20N4O2/c1-13-4-6-14(7-5-13)10-20-11-15(17-18-20)12-22-16(21)19-8-2-3-9-19/h4-7,11H,2-3,8-10,12H2,1H3. The first-order valence-corrected chi connectivity index (χ1v) is 7.57. The smallest absolute Gasteiger partial charge is 0.410 e. The van der Waals surface area contributed by atoms with Gasteiger partial charge >= 0.3 is 6.09 Å². The Hall–Kier alpha value is -2.37. The van der Waals surface area contributed by atoms with Gasteiger partial charge in [0.1, 0.15) is 12.3 Å². The minimum Gasteiger partial charge on any atom is -0.443 e. The highest BCUT2D eigenvalue weighted by atomic mass is 16.6. The van der Waals surface area contributed by atoms with E-state index in [9.17, 15) is 4.79 Å². The van der Waals surface area contributed by atoms with Crippen molar-refractivity contribution in [2.75, 3.05) is 13.1 Å². The first-order valence-electron chi connectivity index (χ1n) is 7.57. The van der Waals surface area contributed by atoms with Crippen LogP contribution >= 0.6 is 0 Å². The van der Waals surface area contributed by atoms with Gasteiger partial charge in [-0.05, 0) is 25.3 Å². The van der Waals surface area contributed by atoms with Crippen LogP contribution in [0, 0.1) is 6.92 Å². The Morgan fingerprint density at radius 3 is 2.68 bits per heavy atom. The Kier molecular flexibility index (Phi) is 4.37. The van der Waals surface area contributed by atoms with Crippen LogP contribution in [0.4, 0.5) is 4.79 Å². The lowest BCUT2D eigenvalue weighted by atomic mass is 10.1. The summed E-state index contributed by atoms with van der Waals surface area (Å²) >= 11 is 0. The van der Waals surface area contributed by atoms with Crippen LogP contribution in [0.5, 0.6) is 0 Å². The second-order valence-corrected chi connectivity index (χ2v) is 5.64. The largest absolute Gasteiger partial charge is 0.443 e. The third kappa shape index (κ3) is 3.63. The molecule has 1 fully saturated rings. The number of hydrogen-bond donors (Lipinski definition) is 0. The highest BCUT2D eigenvalue weighted by Gasteiger charge is 2.19. The Morgan fingerprint density at radius 2 is 1.95 bits per heavy atom. The molecule has 1 amide bonds. The van der Waals surface area contributed by atoms with Gasteiger partial charge in [-0.1, -0.05) is 35.0 Å². The van der Waals surface area contributed by atoms with E-state index < -0.39 is 0 Å². The number of hydrogen-bond acceptors (Lipinski definition) is 4. The fraction of sp³-hybridized carbons (Fsp3) is 0.438. The topological polar surface area (TPSA) is 60.2 Å². The number of ether oxygens (including phenoxy) is 1. The van der Waals surface area contributed by atoms with Gasteiger partial charge in [-0.2, -0.15) is 0 Å². The fourth-order valence-corrected chi connectivity index (χ4v) is 2.49. The predicted octanol–water partition coefficient (Wildman–Crippen LogP) is 2.37. The van der Waals surface area contributed by atoms with E-state index in [2.05, 4.69) is 41.5 Å². The van der Waals surface area contributed by atoms with Crippen molar-refractivity contribution < 1.29 is 9.53 Å². The maximum absolute atomic E-state index is 11.8. The highest BCUT2D eigenvalue weighted by molar-refractivity contribution is 5.67. The molecule has 2 aromatic rings.